The monoisotopic (exact) mass is 344 g/mol. The zero-order chi connectivity index (χ0) is 17.1. The van der Waals surface area contributed by atoms with E-state index in [4.69, 9.17) is 10.5 Å². The molecule has 0 aliphatic rings. The zero-order valence-electron chi connectivity index (χ0n) is 12.4. The second-order valence-electron chi connectivity index (χ2n) is 5.00. The number of nitrogens with one attached hydrogen (secondary N) is 1. The number of ether oxygens (including phenoxy) is 1. The Morgan fingerprint density at radius 3 is 2.58 bits per heavy atom. The maximum atomic E-state index is 13.7. The number of benzene rings is 2. The first-order chi connectivity index (χ1) is 11.5. The minimum absolute atomic E-state index is 0.209. The summed E-state index contributed by atoms with van der Waals surface area (Å²) in [7, 11) is 0. The van der Waals surface area contributed by atoms with Crippen LogP contribution in [-0.2, 0) is 4.79 Å². The van der Waals surface area contributed by atoms with Crippen molar-refractivity contribution in [1.82, 2.24) is 0 Å². The third-order valence-electron chi connectivity index (χ3n) is 3.23. The second kappa shape index (κ2) is 6.67. The van der Waals surface area contributed by atoms with Crippen LogP contribution in [0.15, 0.2) is 48.5 Å². The van der Waals surface area contributed by atoms with Crippen LogP contribution in [-0.4, -0.2) is 18.4 Å². The summed E-state index contributed by atoms with van der Waals surface area (Å²) < 4.78 is 19.5. The molecule has 3 rings (SSSR count). The molecule has 122 valence electrons. The normalized spacial score (nSPS) is 10.5. The number of primary amides is 1. The van der Waals surface area contributed by atoms with Gasteiger partial charge in [-0.2, -0.15) is 0 Å². The van der Waals surface area contributed by atoms with Crippen molar-refractivity contribution in [2.75, 3.05) is 11.9 Å². The molecule has 3 N–H and O–H groups in total. The number of halogens is 1. The SMILES string of the molecule is NC(=O)COc1ccc(NC(=O)c2cc3c(F)cccc3s2)cc1. The minimum atomic E-state index is -0.565. The van der Waals surface area contributed by atoms with E-state index in [1.165, 1.54) is 23.5 Å². The highest BCUT2D eigenvalue weighted by molar-refractivity contribution is 7.20. The van der Waals surface area contributed by atoms with Crippen LogP contribution in [0.5, 0.6) is 5.75 Å². The largest absolute Gasteiger partial charge is 0.484 e. The van der Waals surface area contributed by atoms with Crippen molar-refractivity contribution in [3.05, 3.63) is 59.2 Å². The molecule has 1 aromatic heterocycles. The van der Waals surface area contributed by atoms with Crippen LogP contribution in [0.3, 0.4) is 0 Å². The van der Waals surface area contributed by atoms with Crippen LogP contribution in [0.1, 0.15) is 9.67 Å². The third kappa shape index (κ3) is 3.52. The highest BCUT2D eigenvalue weighted by atomic mass is 32.1. The highest BCUT2D eigenvalue weighted by Gasteiger charge is 2.12. The van der Waals surface area contributed by atoms with E-state index in [-0.39, 0.29) is 18.3 Å². The predicted molar refractivity (Wildman–Crippen MR) is 90.9 cm³/mol. The number of carbonyl (C=O) groups is 2. The maximum absolute atomic E-state index is 13.7. The standard InChI is InChI=1S/C17H13FN2O3S/c18-13-2-1-3-14-12(13)8-15(24-14)17(22)20-10-4-6-11(7-5-10)23-9-16(19)21/h1-8H,9H2,(H2,19,21)(H,20,22). The van der Waals surface area contributed by atoms with Gasteiger partial charge in [0.15, 0.2) is 6.61 Å². The molecule has 24 heavy (non-hydrogen) atoms. The topological polar surface area (TPSA) is 81.4 Å². The number of fused-ring (bicyclic) bond motifs is 1. The summed E-state index contributed by atoms with van der Waals surface area (Å²) in [5.74, 6) is -0.764. The van der Waals surface area contributed by atoms with Crippen molar-refractivity contribution < 1.29 is 18.7 Å². The summed E-state index contributed by atoms with van der Waals surface area (Å²) in [4.78, 5) is 23.4. The molecule has 3 aromatic rings. The van der Waals surface area contributed by atoms with Gasteiger partial charge in [0.25, 0.3) is 11.8 Å². The Bertz CT molecular complexity index is 906. The summed E-state index contributed by atoms with van der Waals surface area (Å²) in [5.41, 5.74) is 5.56. The molecule has 0 unspecified atom stereocenters. The quantitative estimate of drug-likeness (QED) is 0.746. The average molecular weight is 344 g/mol. The van der Waals surface area contributed by atoms with Gasteiger partial charge in [-0.3, -0.25) is 9.59 Å². The molecule has 1 heterocycles. The lowest BCUT2D eigenvalue weighted by Crippen LogP contribution is -2.20. The Kier molecular flexibility index (Phi) is 4.43. The summed E-state index contributed by atoms with van der Waals surface area (Å²) in [6.07, 6.45) is 0. The molecule has 0 bridgehead atoms. The number of amides is 2. The summed E-state index contributed by atoms with van der Waals surface area (Å²) in [6, 6.07) is 12.8. The molecule has 0 fully saturated rings. The second-order valence-corrected chi connectivity index (χ2v) is 6.08. The first kappa shape index (κ1) is 15.9. The lowest BCUT2D eigenvalue weighted by Gasteiger charge is -2.06. The molecule has 0 saturated carbocycles. The average Bonchev–Trinajstić information content (AvgIpc) is 3.00. The molecule has 0 aliphatic carbocycles. The number of carbonyl (C=O) groups excluding carboxylic acids is 2. The van der Waals surface area contributed by atoms with Gasteiger partial charge in [0.1, 0.15) is 11.6 Å². The van der Waals surface area contributed by atoms with Crippen molar-refractivity contribution in [3.63, 3.8) is 0 Å². The van der Waals surface area contributed by atoms with Crippen LogP contribution in [0.4, 0.5) is 10.1 Å². The number of rotatable bonds is 5. The van der Waals surface area contributed by atoms with Crippen LogP contribution >= 0.6 is 11.3 Å². The third-order valence-corrected chi connectivity index (χ3v) is 4.32. The van der Waals surface area contributed by atoms with E-state index in [1.807, 2.05) is 0 Å². The Labute approximate surface area is 140 Å². The van der Waals surface area contributed by atoms with E-state index >= 15 is 0 Å². The molecular formula is C17H13FN2O3S. The van der Waals surface area contributed by atoms with Gasteiger partial charge in [0.05, 0.1) is 4.88 Å². The van der Waals surface area contributed by atoms with Crippen molar-refractivity contribution >= 4 is 38.9 Å². The smallest absolute Gasteiger partial charge is 0.265 e. The Balaban J connectivity index is 1.71. The van der Waals surface area contributed by atoms with E-state index in [2.05, 4.69) is 5.32 Å². The van der Waals surface area contributed by atoms with E-state index in [1.54, 1.807) is 36.4 Å². The number of hydrogen-bond donors (Lipinski definition) is 2. The lowest BCUT2D eigenvalue weighted by molar-refractivity contribution is -0.119. The molecule has 5 nitrogen and oxygen atoms in total. The van der Waals surface area contributed by atoms with Crippen molar-refractivity contribution in [2.24, 2.45) is 5.73 Å². The molecule has 0 aliphatic heterocycles. The van der Waals surface area contributed by atoms with Gasteiger partial charge in [0.2, 0.25) is 0 Å². The fourth-order valence-electron chi connectivity index (χ4n) is 2.12. The number of hydrogen-bond acceptors (Lipinski definition) is 4. The summed E-state index contributed by atoms with van der Waals surface area (Å²) in [6.45, 7) is -0.209. The fraction of sp³-hybridized carbons (Fsp3) is 0.0588. The zero-order valence-corrected chi connectivity index (χ0v) is 13.2. The van der Waals surface area contributed by atoms with E-state index < -0.39 is 5.91 Å². The Hall–Kier alpha value is -2.93. The van der Waals surface area contributed by atoms with E-state index in [0.717, 1.165) is 4.70 Å². The minimum Gasteiger partial charge on any atom is -0.484 e. The number of thiophene rings is 1. The molecule has 2 amide bonds. The van der Waals surface area contributed by atoms with Crippen LogP contribution < -0.4 is 15.8 Å². The number of nitrogens with two attached hydrogens (primary N) is 1. The van der Waals surface area contributed by atoms with Gasteiger partial charge >= 0.3 is 0 Å². The summed E-state index contributed by atoms with van der Waals surface area (Å²) in [5, 5.41) is 3.17. The highest BCUT2D eigenvalue weighted by Crippen LogP contribution is 2.28. The van der Waals surface area contributed by atoms with Crippen LogP contribution in [0.2, 0.25) is 0 Å². The molecule has 0 radical (unpaired) electrons. The van der Waals surface area contributed by atoms with Gasteiger partial charge in [0, 0.05) is 15.8 Å². The first-order valence-corrected chi connectivity index (χ1v) is 7.85. The van der Waals surface area contributed by atoms with Gasteiger partial charge in [-0.1, -0.05) is 6.07 Å². The van der Waals surface area contributed by atoms with Crippen LogP contribution in [0, 0.1) is 5.82 Å². The first-order valence-electron chi connectivity index (χ1n) is 7.03. The lowest BCUT2D eigenvalue weighted by atomic mass is 10.2. The van der Waals surface area contributed by atoms with Crippen LogP contribution in [0.25, 0.3) is 10.1 Å². The molecular weight excluding hydrogens is 331 g/mol. The number of anilines is 1. The predicted octanol–water partition coefficient (Wildman–Crippen LogP) is 3.16. The van der Waals surface area contributed by atoms with Crippen molar-refractivity contribution in [2.45, 2.75) is 0 Å². The fourth-order valence-corrected chi connectivity index (χ4v) is 3.09. The molecule has 0 saturated heterocycles. The Morgan fingerprint density at radius 2 is 1.92 bits per heavy atom. The van der Waals surface area contributed by atoms with Crippen molar-refractivity contribution in [3.8, 4) is 5.75 Å². The van der Waals surface area contributed by atoms with E-state index in [9.17, 15) is 14.0 Å². The van der Waals surface area contributed by atoms with Gasteiger partial charge in [-0.05, 0) is 42.5 Å². The molecule has 2 aromatic carbocycles. The Morgan fingerprint density at radius 1 is 1.17 bits per heavy atom. The van der Waals surface area contributed by atoms with Gasteiger partial charge < -0.3 is 15.8 Å². The molecule has 0 atom stereocenters. The summed E-state index contributed by atoms with van der Waals surface area (Å²) >= 11 is 1.23. The van der Waals surface area contributed by atoms with Gasteiger partial charge in [-0.25, -0.2) is 4.39 Å². The van der Waals surface area contributed by atoms with E-state index in [0.29, 0.717) is 21.7 Å². The van der Waals surface area contributed by atoms with Gasteiger partial charge in [-0.15, -0.1) is 11.3 Å². The maximum Gasteiger partial charge on any atom is 0.265 e. The van der Waals surface area contributed by atoms with Crippen molar-refractivity contribution in [1.29, 1.82) is 0 Å². The molecule has 0 spiro atoms. The molecule has 7 heteroatoms.